The quantitative estimate of drug-likeness (QED) is 0.721. The summed E-state index contributed by atoms with van der Waals surface area (Å²) in [5.74, 6) is 0.116. The first-order chi connectivity index (χ1) is 13.8. The van der Waals surface area contributed by atoms with E-state index >= 15 is 4.39 Å². The molecule has 5 rings (SSSR count). The summed E-state index contributed by atoms with van der Waals surface area (Å²) in [5.41, 5.74) is 4.22. The lowest BCUT2D eigenvalue weighted by molar-refractivity contribution is -0.0788. The van der Waals surface area contributed by atoms with Crippen molar-refractivity contribution in [3.8, 4) is 5.88 Å². The summed E-state index contributed by atoms with van der Waals surface area (Å²) in [5, 5.41) is 0. The van der Waals surface area contributed by atoms with Gasteiger partial charge in [0.15, 0.2) is 23.1 Å². The van der Waals surface area contributed by atoms with Crippen molar-refractivity contribution in [2.75, 3.05) is 19.5 Å². The van der Waals surface area contributed by atoms with Gasteiger partial charge in [-0.1, -0.05) is 0 Å². The van der Waals surface area contributed by atoms with Crippen LogP contribution in [-0.2, 0) is 22.9 Å². The molecule has 4 heterocycles. The largest absolute Gasteiger partial charge is 0.479 e. The van der Waals surface area contributed by atoms with Crippen molar-refractivity contribution >= 4 is 24.9 Å². The van der Waals surface area contributed by atoms with Gasteiger partial charge in [0.2, 0.25) is 11.8 Å². The lowest BCUT2D eigenvalue weighted by atomic mass is 9.97. The van der Waals surface area contributed by atoms with Crippen LogP contribution in [0.5, 0.6) is 5.88 Å². The number of hydrogen-bond donors (Lipinski definition) is 1. The second-order valence-electron chi connectivity index (χ2n) is 7.52. The lowest BCUT2D eigenvalue weighted by Gasteiger charge is -2.36. The van der Waals surface area contributed by atoms with Crippen molar-refractivity contribution in [3.63, 3.8) is 0 Å². The van der Waals surface area contributed by atoms with Crippen LogP contribution in [0.2, 0.25) is 0 Å². The Morgan fingerprint density at radius 3 is 2.90 bits per heavy atom. The Bertz CT molecular complexity index is 998. The monoisotopic (exact) mass is 429 g/mol. The summed E-state index contributed by atoms with van der Waals surface area (Å²) < 4.78 is 57.5. The molecule has 2 aliphatic heterocycles. The molecule has 0 amide bonds. The first-order valence-electron chi connectivity index (χ1n) is 9.30. The third-order valence-electron chi connectivity index (χ3n) is 5.50. The Kier molecular flexibility index (Phi) is 4.34. The fourth-order valence-electron chi connectivity index (χ4n) is 3.78. The molecule has 2 saturated heterocycles. The molecule has 5 atom stereocenters. The first kappa shape index (κ1) is 19.1. The molecule has 1 aliphatic carbocycles. The third kappa shape index (κ3) is 3.01. The van der Waals surface area contributed by atoms with E-state index in [1.807, 2.05) is 0 Å². The van der Waals surface area contributed by atoms with E-state index in [2.05, 4.69) is 15.0 Å². The number of phosphoric ester groups is 1. The van der Waals surface area contributed by atoms with E-state index in [0.29, 0.717) is 5.52 Å². The number of aromatic nitrogens is 4. The van der Waals surface area contributed by atoms with Crippen molar-refractivity contribution in [2.45, 2.75) is 56.4 Å². The molecule has 1 saturated carbocycles. The molecule has 0 bridgehead atoms. The zero-order valence-electron chi connectivity index (χ0n) is 15.9. The number of imidazole rings is 1. The van der Waals surface area contributed by atoms with Gasteiger partial charge in [-0.3, -0.25) is 18.1 Å². The van der Waals surface area contributed by atoms with Crippen molar-refractivity contribution in [1.82, 2.24) is 19.5 Å². The van der Waals surface area contributed by atoms with Crippen LogP contribution >= 0.6 is 7.82 Å². The Morgan fingerprint density at radius 2 is 2.21 bits per heavy atom. The molecule has 13 heteroatoms. The number of alkyl halides is 1. The fraction of sp³-hybridized carbons (Fsp3) is 0.688. The molecule has 0 spiro atoms. The summed E-state index contributed by atoms with van der Waals surface area (Å²) >= 11 is 0. The molecule has 0 unspecified atom stereocenters. The van der Waals surface area contributed by atoms with Crippen LogP contribution in [0.25, 0.3) is 11.2 Å². The lowest BCUT2D eigenvalue weighted by Crippen LogP contribution is -2.45. The van der Waals surface area contributed by atoms with E-state index in [-0.39, 0.29) is 30.2 Å². The molecule has 158 valence electrons. The van der Waals surface area contributed by atoms with Gasteiger partial charge in [0, 0.05) is 0 Å². The number of phosphoric acid groups is 1. The fourth-order valence-corrected chi connectivity index (χ4v) is 5.47. The number of halogens is 1. The number of rotatable bonds is 4. The molecule has 2 aromatic heterocycles. The van der Waals surface area contributed by atoms with Gasteiger partial charge in [-0.05, 0) is 26.2 Å². The number of nitrogen functional groups attached to an aromatic ring is 1. The normalized spacial score (nSPS) is 37.4. The molecule has 2 N–H and O–H groups in total. The third-order valence-corrected chi connectivity index (χ3v) is 7.01. The maximum Gasteiger partial charge on any atom is 0.475 e. The maximum absolute atomic E-state index is 15.9. The topological polar surface area (TPSA) is 133 Å². The molecule has 3 aliphatic rings. The highest BCUT2D eigenvalue weighted by Crippen LogP contribution is 2.61. The van der Waals surface area contributed by atoms with Gasteiger partial charge in [0.1, 0.15) is 12.2 Å². The van der Waals surface area contributed by atoms with Crippen molar-refractivity contribution in [2.24, 2.45) is 0 Å². The SMILES string of the molecule is COc1nc(N)nc2c1ncn2[C@@H]1O[C@@H]2CO[P@](=O)(OC3CCC3)O[C@H]2[C@@]1(C)F. The van der Waals surface area contributed by atoms with Gasteiger partial charge < -0.3 is 15.2 Å². The average Bonchev–Trinajstić information content (AvgIpc) is 3.16. The van der Waals surface area contributed by atoms with Gasteiger partial charge in [0.25, 0.3) is 0 Å². The maximum atomic E-state index is 15.9. The number of ether oxygens (including phenoxy) is 2. The predicted molar refractivity (Wildman–Crippen MR) is 96.9 cm³/mol. The van der Waals surface area contributed by atoms with Crippen molar-refractivity contribution in [1.29, 1.82) is 0 Å². The van der Waals surface area contributed by atoms with E-state index < -0.39 is 31.9 Å². The first-order valence-corrected chi connectivity index (χ1v) is 10.8. The number of hydrogen-bond acceptors (Lipinski definition) is 10. The minimum Gasteiger partial charge on any atom is -0.479 e. The summed E-state index contributed by atoms with van der Waals surface area (Å²) in [7, 11) is -2.45. The molecule has 29 heavy (non-hydrogen) atoms. The molecular formula is C16H21FN5O6P. The van der Waals surface area contributed by atoms with Gasteiger partial charge in [-0.15, -0.1) is 0 Å². The van der Waals surface area contributed by atoms with Gasteiger partial charge in [-0.2, -0.15) is 9.97 Å². The molecule has 11 nitrogen and oxygen atoms in total. The van der Waals surface area contributed by atoms with E-state index in [0.717, 1.165) is 19.3 Å². The number of nitrogens with zero attached hydrogens (tertiary/aromatic N) is 4. The Hall–Kier alpha value is -1.85. The van der Waals surface area contributed by atoms with E-state index in [1.54, 1.807) is 0 Å². The van der Waals surface area contributed by atoms with Crippen LogP contribution in [0.4, 0.5) is 10.3 Å². The van der Waals surface area contributed by atoms with E-state index in [9.17, 15) is 4.57 Å². The van der Waals surface area contributed by atoms with Crippen LogP contribution in [-0.4, -0.2) is 57.2 Å². The summed E-state index contributed by atoms with van der Waals surface area (Å²) in [6.07, 6.45) is 0.636. The van der Waals surface area contributed by atoms with E-state index in [4.69, 9.17) is 28.8 Å². The molecular weight excluding hydrogens is 408 g/mol. The molecule has 3 fully saturated rings. The number of fused-ring (bicyclic) bond motifs is 2. The average molecular weight is 429 g/mol. The molecule has 0 aromatic carbocycles. The van der Waals surface area contributed by atoms with Crippen LogP contribution in [0.15, 0.2) is 6.33 Å². The minimum atomic E-state index is -3.87. The minimum absolute atomic E-state index is 0.0509. The summed E-state index contributed by atoms with van der Waals surface area (Å²) in [6.45, 7) is 1.20. The zero-order valence-corrected chi connectivity index (χ0v) is 16.8. The standard InChI is InChI=1S/C16H21FN5O6P/c1-16(17)11-9(6-25-29(23,28-11)27-8-4-3-5-8)26-14(16)22-7-19-10-12(22)20-15(18)21-13(10)24-2/h7-9,11,14H,3-6H2,1-2H3,(H2,18,20,21)/t9-,11-,14-,16-,29-/m1/s1. The number of nitrogens with two attached hydrogens (primary N) is 1. The highest BCUT2D eigenvalue weighted by Gasteiger charge is 2.62. The highest BCUT2D eigenvalue weighted by molar-refractivity contribution is 7.48. The second-order valence-corrected chi connectivity index (χ2v) is 9.09. The molecule has 0 radical (unpaired) electrons. The Balaban J connectivity index is 1.47. The van der Waals surface area contributed by atoms with Gasteiger partial charge in [-0.25, -0.2) is 13.9 Å². The zero-order chi connectivity index (χ0) is 20.4. The Labute approximate surface area is 165 Å². The van der Waals surface area contributed by atoms with Crippen LogP contribution < -0.4 is 10.5 Å². The highest BCUT2D eigenvalue weighted by atomic mass is 31.2. The van der Waals surface area contributed by atoms with Crippen molar-refractivity contribution < 1.29 is 32.0 Å². The molecule has 2 aromatic rings. The predicted octanol–water partition coefficient (Wildman–Crippen LogP) is 2.14. The Morgan fingerprint density at radius 1 is 1.41 bits per heavy atom. The van der Waals surface area contributed by atoms with Crippen LogP contribution in [0.1, 0.15) is 32.4 Å². The smallest absolute Gasteiger partial charge is 0.475 e. The summed E-state index contributed by atoms with van der Waals surface area (Å²) in [4.78, 5) is 12.3. The second kappa shape index (κ2) is 6.58. The van der Waals surface area contributed by atoms with Crippen LogP contribution in [0.3, 0.4) is 0 Å². The van der Waals surface area contributed by atoms with Crippen molar-refractivity contribution in [3.05, 3.63) is 6.33 Å². The summed E-state index contributed by atoms with van der Waals surface area (Å²) in [6, 6.07) is 0. The van der Waals surface area contributed by atoms with Gasteiger partial charge >= 0.3 is 7.82 Å². The van der Waals surface area contributed by atoms with Crippen LogP contribution in [0, 0.1) is 0 Å². The number of methoxy groups -OCH3 is 1. The number of anilines is 1. The van der Waals surface area contributed by atoms with E-state index in [1.165, 1.54) is 24.9 Å². The van der Waals surface area contributed by atoms with Gasteiger partial charge in [0.05, 0.1) is 26.1 Å².